The average molecular weight is 420 g/mol. The lowest BCUT2D eigenvalue weighted by Crippen LogP contribution is -2.43. The lowest BCUT2D eigenvalue weighted by atomic mass is 9.95. The van der Waals surface area contributed by atoms with Gasteiger partial charge in [-0.3, -0.25) is 4.79 Å². The molecule has 7 heteroatoms. The Balaban J connectivity index is 1.33. The summed E-state index contributed by atoms with van der Waals surface area (Å²) >= 11 is 0. The molecule has 1 fully saturated rings. The molecular formula is C24H29N5O2. The number of anilines is 1. The van der Waals surface area contributed by atoms with Gasteiger partial charge in [0.15, 0.2) is 5.82 Å². The first-order valence-corrected chi connectivity index (χ1v) is 11.2. The summed E-state index contributed by atoms with van der Waals surface area (Å²) in [6.07, 6.45) is 10.2. The topological polar surface area (TPSA) is 71.8 Å². The van der Waals surface area contributed by atoms with E-state index in [-0.39, 0.29) is 11.8 Å². The van der Waals surface area contributed by atoms with Crippen molar-refractivity contribution in [3.8, 4) is 5.75 Å². The number of carbonyl (C=O) groups is 1. The molecule has 1 unspecified atom stereocenters. The molecule has 0 saturated carbocycles. The molecule has 1 atom stereocenters. The van der Waals surface area contributed by atoms with E-state index in [1.54, 1.807) is 7.11 Å². The molecule has 1 aromatic carbocycles. The summed E-state index contributed by atoms with van der Waals surface area (Å²) in [5.41, 5.74) is 4.68. The number of methoxy groups -OCH3 is 1. The number of hydrogen-bond acceptors (Lipinski definition) is 5. The number of fused-ring (bicyclic) bond motifs is 3. The number of nitrogens with zero attached hydrogens (tertiary/aromatic N) is 4. The maximum Gasteiger partial charge on any atom is 0.225 e. The fraction of sp³-hybridized carbons (Fsp3) is 0.458. The first kappa shape index (κ1) is 19.8. The third-order valence-corrected chi connectivity index (χ3v) is 6.54. The van der Waals surface area contributed by atoms with E-state index in [9.17, 15) is 4.79 Å². The van der Waals surface area contributed by atoms with E-state index in [1.807, 2.05) is 41.2 Å². The summed E-state index contributed by atoms with van der Waals surface area (Å²) in [6, 6.07) is 7.80. The van der Waals surface area contributed by atoms with Crippen molar-refractivity contribution < 1.29 is 9.53 Å². The first-order valence-electron chi connectivity index (χ1n) is 11.2. The summed E-state index contributed by atoms with van der Waals surface area (Å²) < 4.78 is 7.39. The summed E-state index contributed by atoms with van der Waals surface area (Å²) in [6.45, 7) is 2.08. The van der Waals surface area contributed by atoms with Crippen LogP contribution in [-0.2, 0) is 24.2 Å². The van der Waals surface area contributed by atoms with Crippen LogP contribution in [0.25, 0.3) is 5.52 Å². The zero-order valence-corrected chi connectivity index (χ0v) is 18.0. The lowest BCUT2D eigenvalue weighted by molar-refractivity contribution is -0.125. The fourth-order valence-electron chi connectivity index (χ4n) is 4.94. The largest absolute Gasteiger partial charge is 0.496 e. The second-order valence-corrected chi connectivity index (χ2v) is 8.49. The summed E-state index contributed by atoms with van der Waals surface area (Å²) in [7, 11) is 1.66. The zero-order chi connectivity index (χ0) is 21.2. The molecule has 0 bridgehead atoms. The van der Waals surface area contributed by atoms with Crippen LogP contribution >= 0.6 is 0 Å². The third-order valence-electron chi connectivity index (χ3n) is 6.54. The summed E-state index contributed by atoms with van der Waals surface area (Å²) in [5, 5.41) is 7.92. The van der Waals surface area contributed by atoms with Crippen LogP contribution < -0.4 is 15.0 Å². The molecule has 2 aliphatic rings. The van der Waals surface area contributed by atoms with E-state index in [0.29, 0.717) is 13.1 Å². The molecule has 0 radical (unpaired) electrons. The minimum atomic E-state index is -0.0516. The first-order chi connectivity index (χ1) is 15.2. The van der Waals surface area contributed by atoms with Crippen molar-refractivity contribution in [2.75, 3.05) is 25.1 Å². The molecule has 0 spiro atoms. The van der Waals surface area contributed by atoms with Crippen LogP contribution in [0.4, 0.5) is 5.82 Å². The van der Waals surface area contributed by atoms with Crippen LogP contribution in [-0.4, -0.2) is 40.7 Å². The zero-order valence-electron chi connectivity index (χ0n) is 18.0. The van der Waals surface area contributed by atoms with Gasteiger partial charge in [0.05, 0.1) is 18.7 Å². The highest BCUT2D eigenvalue weighted by Crippen LogP contribution is 2.32. The molecule has 1 amide bonds. The molecule has 162 valence electrons. The van der Waals surface area contributed by atoms with Gasteiger partial charge in [0.25, 0.3) is 0 Å². The Morgan fingerprint density at radius 2 is 2.10 bits per heavy atom. The summed E-state index contributed by atoms with van der Waals surface area (Å²) in [5.74, 6) is 1.82. The number of rotatable bonds is 5. The van der Waals surface area contributed by atoms with Crippen molar-refractivity contribution in [2.45, 2.75) is 45.1 Å². The minimum Gasteiger partial charge on any atom is -0.496 e. The van der Waals surface area contributed by atoms with Crippen molar-refractivity contribution >= 4 is 17.2 Å². The molecule has 3 heterocycles. The van der Waals surface area contributed by atoms with E-state index in [0.717, 1.165) is 54.9 Å². The number of aromatic nitrogens is 3. The van der Waals surface area contributed by atoms with Gasteiger partial charge in [-0.1, -0.05) is 18.2 Å². The molecule has 1 saturated heterocycles. The van der Waals surface area contributed by atoms with Crippen LogP contribution in [0, 0.1) is 5.92 Å². The Hall–Kier alpha value is -3.09. The second-order valence-electron chi connectivity index (χ2n) is 8.49. The number of carbonyl (C=O) groups excluding carboxylic acids is 1. The normalized spacial score (nSPS) is 18.6. The Bertz CT molecular complexity index is 1090. The van der Waals surface area contributed by atoms with E-state index in [4.69, 9.17) is 14.8 Å². The fourth-order valence-corrected chi connectivity index (χ4v) is 4.94. The van der Waals surface area contributed by atoms with E-state index < -0.39 is 0 Å². The van der Waals surface area contributed by atoms with Gasteiger partial charge in [-0.15, -0.1) is 0 Å². The molecule has 31 heavy (non-hydrogen) atoms. The van der Waals surface area contributed by atoms with Gasteiger partial charge in [-0.05, 0) is 44.6 Å². The number of aryl methyl sites for hydroxylation is 2. The third kappa shape index (κ3) is 3.84. The van der Waals surface area contributed by atoms with Crippen molar-refractivity contribution in [1.29, 1.82) is 0 Å². The number of hydrogen-bond donors (Lipinski definition) is 1. The van der Waals surface area contributed by atoms with Crippen LogP contribution in [0.15, 0.2) is 36.7 Å². The van der Waals surface area contributed by atoms with Crippen molar-refractivity contribution in [1.82, 2.24) is 19.9 Å². The quantitative estimate of drug-likeness (QED) is 0.688. The SMILES string of the molecule is COc1ccccc1CNC(=O)C1CCCN(c2nccn3nc4c(c23)CCCC4)C1. The second kappa shape index (κ2) is 8.57. The Labute approximate surface area is 182 Å². The van der Waals surface area contributed by atoms with Crippen molar-refractivity contribution in [3.63, 3.8) is 0 Å². The smallest absolute Gasteiger partial charge is 0.225 e. The van der Waals surface area contributed by atoms with E-state index in [2.05, 4.69) is 10.2 Å². The molecule has 7 nitrogen and oxygen atoms in total. The average Bonchev–Trinajstić information content (AvgIpc) is 3.21. The lowest BCUT2D eigenvalue weighted by Gasteiger charge is -2.33. The molecule has 1 aliphatic heterocycles. The minimum absolute atomic E-state index is 0.0516. The number of amides is 1. The van der Waals surface area contributed by atoms with E-state index >= 15 is 0 Å². The number of para-hydroxylation sites is 1. The Kier molecular flexibility index (Phi) is 5.49. The maximum absolute atomic E-state index is 13.0. The highest BCUT2D eigenvalue weighted by Gasteiger charge is 2.29. The highest BCUT2D eigenvalue weighted by molar-refractivity contribution is 5.81. The molecule has 3 aromatic rings. The summed E-state index contributed by atoms with van der Waals surface area (Å²) in [4.78, 5) is 20.0. The van der Waals surface area contributed by atoms with Gasteiger partial charge in [0.2, 0.25) is 5.91 Å². The van der Waals surface area contributed by atoms with Gasteiger partial charge < -0.3 is 15.0 Å². The molecule has 5 rings (SSSR count). The van der Waals surface area contributed by atoms with Crippen LogP contribution in [0.3, 0.4) is 0 Å². The molecule has 2 aromatic heterocycles. The maximum atomic E-state index is 13.0. The van der Waals surface area contributed by atoms with Gasteiger partial charge in [-0.2, -0.15) is 5.10 Å². The Morgan fingerprint density at radius 3 is 3.00 bits per heavy atom. The predicted octanol–water partition coefficient (Wildman–Crippen LogP) is 3.15. The van der Waals surface area contributed by atoms with Gasteiger partial charge in [0.1, 0.15) is 11.3 Å². The van der Waals surface area contributed by atoms with Crippen LogP contribution in [0.2, 0.25) is 0 Å². The van der Waals surface area contributed by atoms with Gasteiger partial charge in [0, 0.05) is 43.2 Å². The van der Waals surface area contributed by atoms with Crippen LogP contribution in [0.1, 0.15) is 42.5 Å². The standard InChI is InChI=1S/C24H29N5O2/c1-31-21-11-5-2-7-17(21)15-26-24(30)18-8-6-13-28(16-18)23-22-19-9-3-4-10-20(19)27-29(22)14-12-25-23/h2,5,7,11-12,14,18H,3-4,6,8-10,13,15-16H2,1H3,(H,26,30). The highest BCUT2D eigenvalue weighted by atomic mass is 16.5. The predicted molar refractivity (Wildman–Crippen MR) is 119 cm³/mol. The number of benzene rings is 1. The number of ether oxygens (including phenoxy) is 1. The number of piperidine rings is 1. The van der Waals surface area contributed by atoms with Crippen molar-refractivity contribution in [3.05, 3.63) is 53.5 Å². The van der Waals surface area contributed by atoms with Gasteiger partial charge in [-0.25, -0.2) is 9.50 Å². The Morgan fingerprint density at radius 1 is 1.23 bits per heavy atom. The molecule has 1 aliphatic carbocycles. The van der Waals surface area contributed by atoms with Gasteiger partial charge >= 0.3 is 0 Å². The van der Waals surface area contributed by atoms with Crippen molar-refractivity contribution in [2.24, 2.45) is 5.92 Å². The molecular weight excluding hydrogens is 390 g/mol. The monoisotopic (exact) mass is 419 g/mol. The molecule has 1 N–H and O–H groups in total. The number of nitrogens with one attached hydrogen (secondary N) is 1. The van der Waals surface area contributed by atoms with E-state index in [1.165, 1.54) is 24.1 Å². The van der Waals surface area contributed by atoms with Crippen LogP contribution in [0.5, 0.6) is 5.75 Å².